The molecule has 1 aromatic carbocycles. The van der Waals surface area contributed by atoms with Crippen LogP contribution in [0.1, 0.15) is 38.5 Å². The van der Waals surface area contributed by atoms with Gasteiger partial charge in [0.15, 0.2) is 3.53 Å². The van der Waals surface area contributed by atoms with E-state index in [4.69, 9.17) is 70.2 Å². The topological polar surface area (TPSA) is 34.1 Å². The molecule has 0 heterocycles. The molecule has 0 aliphatic heterocycles. The standard InChI is InChI=1S/C17H15Cl5O2S3/c18-10-11(19)13(21)15(14(22)12(10)20)26-16(25)27(23,24)17-4-7-1-8(5-17)3-9(2-7)6-17/h7-9H,1-6H2. The first-order valence-electron chi connectivity index (χ1n) is 8.53. The van der Waals surface area contributed by atoms with Crippen molar-refractivity contribution in [1.29, 1.82) is 0 Å². The van der Waals surface area contributed by atoms with Crippen molar-refractivity contribution in [2.24, 2.45) is 17.8 Å². The lowest BCUT2D eigenvalue weighted by atomic mass is 9.56. The maximum atomic E-state index is 13.5. The van der Waals surface area contributed by atoms with Gasteiger partial charge in [-0.15, -0.1) is 0 Å². The monoisotopic (exact) mass is 522 g/mol. The van der Waals surface area contributed by atoms with Crippen LogP contribution in [0.25, 0.3) is 0 Å². The summed E-state index contributed by atoms with van der Waals surface area (Å²) < 4.78 is 26.1. The third-order valence-electron chi connectivity index (χ3n) is 6.13. The highest BCUT2D eigenvalue weighted by atomic mass is 35.5. The number of thioether (sulfide) groups is 1. The Morgan fingerprint density at radius 3 is 1.59 bits per heavy atom. The lowest BCUT2D eigenvalue weighted by Crippen LogP contribution is -2.55. The summed E-state index contributed by atoms with van der Waals surface area (Å²) in [5.74, 6) is 1.47. The van der Waals surface area contributed by atoms with E-state index >= 15 is 0 Å². The van der Waals surface area contributed by atoms with Gasteiger partial charge in [0, 0.05) is 0 Å². The van der Waals surface area contributed by atoms with Gasteiger partial charge >= 0.3 is 0 Å². The summed E-state index contributed by atoms with van der Waals surface area (Å²) in [7, 11) is -3.67. The lowest BCUT2D eigenvalue weighted by Gasteiger charge is -2.55. The molecule has 0 radical (unpaired) electrons. The maximum absolute atomic E-state index is 13.5. The number of sulfone groups is 1. The molecule has 4 aliphatic rings. The van der Waals surface area contributed by atoms with Crippen molar-refractivity contribution in [3.63, 3.8) is 0 Å². The number of hydrogen-bond acceptors (Lipinski definition) is 4. The molecule has 4 saturated carbocycles. The van der Waals surface area contributed by atoms with Crippen LogP contribution in [0.15, 0.2) is 4.90 Å². The van der Waals surface area contributed by atoms with Gasteiger partial charge in [0.1, 0.15) is 0 Å². The second kappa shape index (κ2) is 7.33. The van der Waals surface area contributed by atoms with E-state index in [9.17, 15) is 8.42 Å². The molecule has 4 bridgehead atoms. The zero-order valence-corrected chi connectivity index (χ0v) is 20.1. The Hall–Kier alpha value is 1.06. The average Bonchev–Trinajstić information content (AvgIpc) is 2.60. The number of thiocarbonyl (C=S) groups is 1. The number of halogens is 5. The van der Waals surface area contributed by atoms with Gasteiger partial charge in [0.2, 0.25) is 9.84 Å². The highest BCUT2D eigenvalue weighted by Crippen LogP contribution is 2.60. The molecule has 0 saturated heterocycles. The molecule has 148 valence electrons. The van der Waals surface area contributed by atoms with Crippen LogP contribution in [0, 0.1) is 17.8 Å². The Bertz CT molecular complexity index is 880. The van der Waals surface area contributed by atoms with Crippen LogP contribution in [0.2, 0.25) is 25.1 Å². The lowest BCUT2D eigenvalue weighted by molar-refractivity contribution is 0.0347. The van der Waals surface area contributed by atoms with Gasteiger partial charge in [-0.25, -0.2) is 8.42 Å². The van der Waals surface area contributed by atoms with Crippen molar-refractivity contribution in [2.45, 2.75) is 48.2 Å². The van der Waals surface area contributed by atoms with E-state index in [0.29, 0.717) is 37.0 Å². The number of hydrogen-bond donors (Lipinski definition) is 0. The van der Waals surface area contributed by atoms with Gasteiger partial charge in [0.25, 0.3) is 0 Å². The van der Waals surface area contributed by atoms with Gasteiger partial charge in [-0.3, -0.25) is 0 Å². The van der Waals surface area contributed by atoms with Crippen LogP contribution in [-0.2, 0) is 9.84 Å². The van der Waals surface area contributed by atoms with E-state index in [1.165, 1.54) is 0 Å². The Morgan fingerprint density at radius 1 is 0.815 bits per heavy atom. The molecule has 5 rings (SSSR count). The first-order valence-corrected chi connectivity index (χ1v) is 13.1. The molecule has 27 heavy (non-hydrogen) atoms. The van der Waals surface area contributed by atoms with E-state index in [1.54, 1.807) is 0 Å². The molecule has 4 fully saturated rings. The maximum Gasteiger partial charge on any atom is 0.200 e. The summed E-state index contributed by atoms with van der Waals surface area (Å²) in [5.41, 5.74) is 0. The van der Waals surface area contributed by atoms with Crippen LogP contribution >= 0.6 is 82.0 Å². The molecule has 2 nitrogen and oxygen atoms in total. The number of benzene rings is 1. The van der Waals surface area contributed by atoms with E-state index in [-0.39, 0.29) is 33.5 Å². The third kappa shape index (κ3) is 3.37. The Labute approximate surface area is 193 Å². The fourth-order valence-electron chi connectivity index (χ4n) is 5.35. The normalized spacial score (nSPS) is 32.1. The number of rotatable bonds is 2. The highest BCUT2D eigenvalue weighted by molar-refractivity contribution is 8.44. The average molecular weight is 525 g/mol. The molecule has 10 heteroatoms. The predicted molar refractivity (Wildman–Crippen MR) is 120 cm³/mol. The molecular formula is C17H15Cl5O2S3. The van der Waals surface area contributed by atoms with Gasteiger partial charge in [-0.1, -0.05) is 82.0 Å². The summed E-state index contributed by atoms with van der Waals surface area (Å²) in [4.78, 5) is 0.232. The largest absolute Gasteiger partial charge is 0.222 e. The van der Waals surface area contributed by atoms with Crippen molar-refractivity contribution in [1.82, 2.24) is 0 Å². The van der Waals surface area contributed by atoms with Gasteiger partial charge < -0.3 is 0 Å². The fraction of sp³-hybridized carbons (Fsp3) is 0.588. The van der Waals surface area contributed by atoms with Gasteiger partial charge in [-0.2, -0.15) is 0 Å². The molecule has 0 N–H and O–H groups in total. The molecular weight excluding hydrogens is 510 g/mol. The van der Waals surface area contributed by atoms with Crippen molar-refractivity contribution in [3.8, 4) is 0 Å². The van der Waals surface area contributed by atoms with E-state index in [2.05, 4.69) is 0 Å². The summed E-state index contributed by atoms with van der Waals surface area (Å²) in [6, 6.07) is 0. The van der Waals surface area contributed by atoms with E-state index in [0.717, 1.165) is 31.0 Å². The highest BCUT2D eigenvalue weighted by Gasteiger charge is 2.58. The zero-order valence-electron chi connectivity index (χ0n) is 13.9. The molecule has 0 spiro atoms. The molecule has 4 aliphatic carbocycles. The van der Waals surface area contributed by atoms with E-state index < -0.39 is 14.6 Å². The third-order valence-corrected chi connectivity index (χ3v) is 13.3. The zero-order chi connectivity index (χ0) is 19.7. The first kappa shape index (κ1) is 21.3. The van der Waals surface area contributed by atoms with Crippen LogP contribution < -0.4 is 0 Å². The molecule has 0 amide bonds. The van der Waals surface area contributed by atoms with Gasteiger partial charge in [-0.05, 0) is 56.3 Å². The molecule has 1 aromatic rings. The second-order valence-corrected chi connectivity index (χ2v) is 14.2. The Morgan fingerprint density at radius 2 is 1.19 bits per heavy atom. The van der Waals surface area contributed by atoms with Crippen molar-refractivity contribution in [2.75, 3.05) is 0 Å². The Kier molecular flexibility index (Phi) is 5.78. The van der Waals surface area contributed by atoms with Crippen molar-refractivity contribution >= 4 is 95.4 Å². The fourth-order valence-corrected chi connectivity index (χ4v) is 11.1. The van der Waals surface area contributed by atoms with Crippen molar-refractivity contribution < 1.29 is 8.42 Å². The van der Waals surface area contributed by atoms with Crippen LogP contribution in [0.4, 0.5) is 0 Å². The second-order valence-electron chi connectivity index (χ2n) is 7.86. The smallest absolute Gasteiger partial charge is 0.200 e. The molecule has 0 unspecified atom stereocenters. The summed E-state index contributed by atoms with van der Waals surface area (Å²) in [6.07, 6.45) is 5.54. The SMILES string of the molecule is O=S(=O)(C(=S)Sc1c(Cl)c(Cl)c(Cl)c(Cl)c1Cl)C12CC3CC(CC(C3)C1)C2. The van der Waals surface area contributed by atoms with Crippen LogP contribution in [0.3, 0.4) is 0 Å². The first-order chi connectivity index (χ1) is 12.6. The minimum absolute atomic E-state index is 0.0326. The van der Waals surface area contributed by atoms with E-state index in [1.807, 2.05) is 0 Å². The van der Waals surface area contributed by atoms with Crippen molar-refractivity contribution in [3.05, 3.63) is 25.1 Å². The van der Waals surface area contributed by atoms with Crippen LogP contribution in [-0.4, -0.2) is 16.7 Å². The minimum atomic E-state index is -3.67. The van der Waals surface area contributed by atoms with Crippen LogP contribution in [0.5, 0.6) is 0 Å². The summed E-state index contributed by atoms with van der Waals surface area (Å²) >= 11 is 36.9. The molecule has 0 aromatic heterocycles. The quantitative estimate of drug-likeness (QED) is 0.172. The Balaban J connectivity index is 1.68. The van der Waals surface area contributed by atoms with Gasteiger partial charge in [0.05, 0.1) is 34.8 Å². The predicted octanol–water partition coefficient (Wildman–Crippen LogP) is 7.71. The summed E-state index contributed by atoms with van der Waals surface area (Å²) in [5, 5.41) is 0.219. The molecule has 0 atom stereocenters. The minimum Gasteiger partial charge on any atom is -0.222 e. The summed E-state index contributed by atoms with van der Waals surface area (Å²) in [6.45, 7) is 0.